The van der Waals surface area contributed by atoms with Crippen molar-refractivity contribution in [2.24, 2.45) is 21.7 Å². The van der Waals surface area contributed by atoms with Gasteiger partial charge in [-0.1, -0.05) is 217 Å². The van der Waals surface area contributed by atoms with E-state index >= 15 is 0 Å². The number of carbonyl (C=O) groups is 2. The maximum absolute atomic E-state index is 14.6. The van der Waals surface area contributed by atoms with E-state index in [1.54, 1.807) is 0 Å². The lowest BCUT2D eigenvalue weighted by molar-refractivity contribution is -0.114. The van der Waals surface area contributed by atoms with Gasteiger partial charge in [0.2, 0.25) is 0 Å². The van der Waals surface area contributed by atoms with Crippen molar-refractivity contribution in [3.63, 3.8) is 0 Å². The van der Waals surface area contributed by atoms with Crippen LogP contribution in [0.3, 0.4) is 0 Å². The Morgan fingerprint density at radius 2 is 0.551 bits per heavy atom. The quantitative estimate of drug-likeness (QED) is 0.0906. The van der Waals surface area contributed by atoms with E-state index in [1.807, 2.05) is 84.9 Å². The molecule has 78 heavy (non-hydrogen) atoms. The molecule has 0 aromatic heterocycles. The summed E-state index contributed by atoms with van der Waals surface area (Å²) >= 11 is 0. The van der Waals surface area contributed by atoms with Crippen LogP contribution in [0.1, 0.15) is 128 Å². The first-order valence-corrected chi connectivity index (χ1v) is 27.4. The molecule has 0 N–H and O–H groups in total. The first-order valence-electron chi connectivity index (χ1n) is 27.4. The maximum Gasteiger partial charge on any atom is 0.186 e. The molecule has 0 fully saturated rings. The zero-order valence-corrected chi connectivity index (χ0v) is 47.9. The van der Waals surface area contributed by atoms with Crippen molar-refractivity contribution < 1.29 is 28.5 Å². The second kappa shape index (κ2) is 23.9. The van der Waals surface area contributed by atoms with Crippen molar-refractivity contribution in [1.29, 1.82) is 0 Å². The van der Waals surface area contributed by atoms with Crippen LogP contribution in [0.15, 0.2) is 228 Å². The second-order valence-electron chi connectivity index (χ2n) is 24.8. The Hall–Kier alpha value is -7.70. The molecule has 6 nitrogen and oxygen atoms in total. The summed E-state index contributed by atoms with van der Waals surface area (Å²) < 4.78 is 27.0. The summed E-state index contributed by atoms with van der Waals surface area (Å²) in [6, 6.07) is 53.1. The maximum atomic E-state index is 14.6. The molecule has 0 amide bonds. The highest BCUT2D eigenvalue weighted by atomic mass is 16.5. The average Bonchev–Trinajstić information content (AvgIpc) is 3.42. The number of hydrogen-bond donors (Lipinski definition) is 0. The monoisotopic (exact) mass is 1040 g/mol. The summed E-state index contributed by atoms with van der Waals surface area (Å²) in [5.74, 6) is 1.77. The number of rotatable bonds is 17. The largest absolute Gasteiger partial charge is 0.489 e. The van der Waals surface area contributed by atoms with Gasteiger partial charge in [0.15, 0.2) is 11.6 Å². The smallest absolute Gasteiger partial charge is 0.186 e. The molecule has 2 aliphatic carbocycles. The molecule has 0 unspecified atom stereocenters. The highest BCUT2D eigenvalue weighted by Gasteiger charge is 2.37. The van der Waals surface area contributed by atoms with Crippen molar-refractivity contribution >= 4 is 11.6 Å². The van der Waals surface area contributed by atoms with E-state index in [0.717, 1.165) is 66.8 Å². The Morgan fingerprint density at radius 1 is 0.333 bits per heavy atom. The van der Waals surface area contributed by atoms with Gasteiger partial charge in [-0.2, -0.15) is 0 Å². The number of carbonyl (C=O) groups excluding carboxylic acids is 2. The van der Waals surface area contributed by atoms with Crippen molar-refractivity contribution in [2.45, 2.75) is 121 Å². The van der Waals surface area contributed by atoms with Crippen LogP contribution in [0.25, 0.3) is 0 Å². The third-order valence-corrected chi connectivity index (χ3v) is 14.2. The normalized spacial score (nSPS) is 15.1. The fraction of sp³-hybridized carbons (Fsp3) is 0.306. The minimum Gasteiger partial charge on any atom is -0.489 e. The van der Waals surface area contributed by atoms with Crippen LogP contribution in [-0.4, -0.2) is 11.6 Å². The lowest BCUT2D eigenvalue weighted by atomic mass is 9.70. The van der Waals surface area contributed by atoms with Crippen LogP contribution in [-0.2, 0) is 36.0 Å². The fourth-order valence-corrected chi connectivity index (χ4v) is 9.82. The summed E-state index contributed by atoms with van der Waals surface area (Å²) in [4.78, 5) is 29.2. The second-order valence-corrected chi connectivity index (χ2v) is 24.8. The number of ketones is 2. The lowest BCUT2D eigenvalue weighted by Gasteiger charge is -2.33. The van der Waals surface area contributed by atoms with Gasteiger partial charge in [-0.15, -0.1) is 0 Å². The van der Waals surface area contributed by atoms with E-state index in [2.05, 4.69) is 192 Å². The predicted octanol–water partition coefficient (Wildman–Crippen LogP) is 17.8. The van der Waals surface area contributed by atoms with Crippen molar-refractivity contribution in [3.8, 4) is 23.0 Å². The Balaban J connectivity index is 1.44. The van der Waals surface area contributed by atoms with E-state index < -0.39 is 33.5 Å². The van der Waals surface area contributed by atoms with Gasteiger partial charge in [0.25, 0.3) is 0 Å². The van der Waals surface area contributed by atoms with Crippen molar-refractivity contribution in [3.05, 3.63) is 261 Å². The van der Waals surface area contributed by atoms with Crippen LogP contribution >= 0.6 is 0 Å². The van der Waals surface area contributed by atoms with Gasteiger partial charge in [0.05, 0.1) is 0 Å². The molecule has 2 aliphatic rings. The van der Waals surface area contributed by atoms with E-state index in [1.165, 1.54) is 0 Å². The molecule has 402 valence electrons. The molecular formula is C72H78O6. The van der Waals surface area contributed by atoms with Gasteiger partial charge in [-0.25, -0.2) is 0 Å². The first kappa shape index (κ1) is 56.5. The highest BCUT2D eigenvalue weighted by Crippen LogP contribution is 2.47. The minimum atomic E-state index is -0.461. The minimum absolute atomic E-state index is 0.0605. The zero-order chi connectivity index (χ0) is 55.8. The highest BCUT2D eigenvalue weighted by molar-refractivity contribution is 6.12. The van der Waals surface area contributed by atoms with Crippen molar-refractivity contribution in [1.82, 2.24) is 0 Å². The molecule has 6 aromatic rings. The Bertz CT molecular complexity index is 2850. The zero-order valence-electron chi connectivity index (χ0n) is 47.9. The number of benzene rings is 6. The molecule has 8 rings (SSSR count). The predicted molar refractivity (Wildman–Crippen MR) is 318 cm³/mol. The number of allylic oxidation sites excluding steroid dienone is 12. The molecule has 0 saturated heterocycles. The Kier molecular flexibility index (Phi) is 17.3. The van der Waals surface area contributed by atoms with Gasteiger partial charge in [0.1, 0.15) is 49.4 Å². The first-order chi connectivity index (χ1) is 37.0. The topological polar surface area (TPSA) is 71.1 Å². The fourth-order valence-electron chi connectivity index (χ4n) is 9.82. The van der Waals surface area contributed by atoms with Crippen LogP contribution in [0.5, 0.6) is 23.0 Å². The summed E-state index contributed by atoms with van der Waals surface area (Å²) in [5, 5.41) is 0. The molecule has 0 saturated carbocycles. The van der Waals surface area contributed by atoms with E-state index in [0.29, 0.717) is 49.4 Å². The third kappa shape index (κ3) is 14.9. The van der Waals surface area contributed by atoms with Gasteiger partial charge in [-0.3, -0.25) is 9.59 Å². The molecule has 0 heterocycles. The molecular weight excluding hydrogens is 961 g/mol. The molecule has 0 aliphatic heterocycles. The number of ether oxygens (including phenoxy) is 4. The number of hydrogen-bond acceptors (Lipinski definition) is 6. The molecule has 0 spiro atoms. The standard InChI is InChI=1S/C72H78O6/c1-69(2,3)63-35-53(36-64(67(63)73)70(4,5)6)33-61(55-39-57(75-45-49-25-17-13-18-26-49)43-58(40-55)76-46-50-27-19-14-20-28-50)62(34-54-37-65(71(7,8)9)68(74)66(38-54)72(10,11)12)56-41-59(77-47-51-29-21-15-22-30-51)44-60(42-56)78-48-52-31-23-16-24-32-52/h13-44,61-62H,45-48H2,1-12H3/t61-,62-/m1/s1. The summed E-state index contributed by atoms with van der Waals surface area (Å²) in [6.07, 6.45) is 12.9. The van der Waals surface area contributed by atoms with Crippen LogP contribution in [0, 0.1) is 21.7 Å². The SMILES string of the molecule is CC(C)(C)C1=CC(=C[C@H](c2cc(OCc3ccccc3)cc(OCc3ccccc3)c2)[C@H](C=C2C=C(C(C)(C)C)C(=O)C(C(C)(C)C)=C2)c2cc(OCc3ccccc3)cc(OCc3ccccc3)c2)C=C(C(C)(C)C)C1=O. The van der Waals surface area contributed by atoms with E-state index in [9.17, 15) is 9.59 Å². The summed E-state index contributed by atoms with van der Waals surface area (Å²) in [6.45, 7) is 26.7. The van der Waals surface area contributed by atoms with Gasteiger partial charge < -0.3 is 18.9 Å². The summed E-state index contributed by atoms with van der Waals surface area (Å²) in [7, 11) is 0. The molecule has 0 radical (unpaired) electrons. The molecule has 6 heteroatoms. The third-order valence-electron chi connectivity index (χ3n) is 14.2. The molecule has 0 bridgehead atoms. The Morgan fingerprint density at radius 3 is 0.756 bits per heavy atom. The van der Waals surface area contributed by atoms with E-state index in [-0.39, 0.29) is 11.6 Å². The van der Waals surface area contributed by atoms with Crippen LogP contribution in [0.2, 0.25) is 0 Å². The van der Waals surface area contributed by atoms with Crippen LogP contribution in [0.4, 0.5) is 0 Å². The summed E-state index contributed by atoms with van der Waals surface area (Å²) in [5.41, 5.74) is 8.98. The van der Waals surface area contributed by atoms with Gasteiger partial charge >= 0.3 is 0 Å². The number of Topliss-reactive ketones (excluding diaryl/α,β-unsaturated/α-hetero) is 2. The molecule has 6 aromatic carbocycles. The van der Waals surface area contributed by atoms with E-state index in [4.69, 9.17) is 18.9 Å². The Labute approximate surface area is 464 Å². The van der Waals surface area contributed by atoms with Crippen LogP contribution < -0.4 is 18.9 Å². The van der Waals surface area contributed by atoms with Gasteiger partial charge in [-0.05, 0) is 115 Å². The van der Waals surface area contributed by atoms with Gasteiger partial charge in [0, 0.05) is 46.3 Å². The average molecular weight is 1040 g/mol. The lowest BCUT2D eigenvalue weighted by Crippen LogP contribution is -2.28. The van der Waals surface area contributed by atoms with Crippen molar-refractivity contribution in [2.75, 3.05) is 0 Å². The molecule has 2 atom stereocenters.